The third kappa shape index (κ3) is 2.87. The molecule has 21 heavy (non-hydrogen) atoms. The molecule has 3 rings (SSSR count). The summed E-state index contributed by atoms with van der Waals surface area (Å²) in [6, 6.07) is 2.44. The molecule has 1 aliphatic heterocycles. The molecule has 0 N–H and O–H groups in total. The molecule has 3 nitrogen and oxygen atoms in total. The lowest BCUT2D eigenvalue weighted by molar-refractivity contribution is -0.133. The number of benzene rings is 1. The second-order valence-corrected chi connectivity index (χ2v) is 5.88. The first kappa shape index (κ1) is 14.3. The van der Waals surface area contributed by atoms with Gasteiger partial charge in [0.05, 0.1) is 7.11 Å². The zero-order valence-corrected chi connectivity index (χ0v) is 12.1. The summed E-state index contributed by atoms with van der Waals surface area (Å²) in [7, 11) is 1.38. The van der Waals surface area contributed by atoms with Crippen LogP contribution in [0.5, 0.6) is 5.75 Å². The van der Waals surface area contributed by atoms with E-state index >= 15 is 0 Å². The number of hydrogen-bond donors (Lipinski definition) is 0. The fourth-order valence-electron chi connectivity index (χ4n) is 3.05. The number of methoxy groups -OCH3 is 1. The molecule has 0 bridgehead atoms. The van der Waals surface area contributed by atoms with Crippen molar-refractivity contribution in [3.63, 3.8) is 0 Å². The van der Waals surface area contributed by atoms with Gasteiger partial charge in [-0.1, -0.05) is 0 Å². The fraction of sp³-hybridized carbons (Fsp3) is 0.562. The van der Waals surface area contributed by atoms with Crippen molar-refractivity contribution < 1.29 is 18.3 Å². The molecule has 0 spiro atoms. The van der Waals surface area contributed by atoms with Crippen molar-refractivity contribution in [1.82, 2.24) is 4.90 Å². The molecule has 0 radical (unpaired) electrons. The first-order valence-corrected chi connectivity index (χ1v) is 7.42. The highest BCUT2D eigenvalue weighted by Gasteiger charge is 2.35. The normalized spacial score (nSPS) is 19.7. The van der Waals surface area contributed by atoms with Gasteiger partial charge in [-0.05, 0) is 31.6 Å². The number of piperidine rings is 1. The summed E-state index contributed by atoms with van der Waals surface area (Å²) in [5, 5.41) is 0. The monoisotopic (exact) mass is 295 g/mol. The molecule has 0 unspecified atom stereocenters. The minimum absolute atomic E-state index is 0.134. The van der Waals surface area contributed by atoms with E-state index in [9.17, 15) is 13.6 Å². The summed E-state index contributed by atoms with van der Waals surface area (Å²) in [6.45, 7) is 1.18. The molecule has 2 fully saturated rings. The Labute approximate surface area is 122 Å². The predicted molar refractivity (Wildman–Crippen MR) is 74.2 cm³/mol. The standard InChI is InChI=1S/C16H19F2NO2/c1-21-12-8-13(17)15(14(18)9-12)10-4-6-19(7-5-10)16(20)11-2-3-11/h8-11H,2-7H2,1H3. The maximum absolute atomic E-state index is 14.1. The van der Waals surface area contributed by atoms with E-state index in [0.717, 1.165) is 12.8 Å². The summed E-state index contributed by atoms with van der Waals surface area (Å²) in [5.74, 6) is -0.674. The third-order valence-electron chi connectivity index (χ3n) is 4.43. The minimum Gasteiger partial charge on any atom is -0.497 e. The fourth-order valence-corrected chi connectivity index (χ4v) is 3.05. The van der Waals surface area contributed by atoms with Crippen molar-refractivity contribution in [3.8, 4) is 5.75 Å². The topological polar surface area (TPSA) is 29.5 Å². The molecular formula is C16H19F2NO2. The zero-order valence-electron chi connectivity index (χ0n) is 12.1. The van der Waals surface area contributed by atoms with E-state index in [4.69, 9.17) is 4.74 Å². The van der Waals surface area contributed by atoms with E-state index in [1.54, 1.807) is 0 Å². The summed E-state index contributed by atoms with van der Waals surface area (Å²) in [6.07, 6.45) is 3.19. The molecule has 114 valence electrons. The molecule has 5 heteroatoms. The number of ether oxygens (including phenoxy) is 1. The van der Waals surface area contributed by atoms with E-state index in [2.05, 4.69) is 0 Å². The van der Waals surface area contributed by atoms with Gasteiger partial charge in [0.25, 0.3) is 0 Å². The SMILES string of the molecule is COc1cc(F)c(C2CCN(C(=O)C3CC3)CC2)c(F)c1. The van der Waals surface area contributed by atoms with Gasteiger partial charge in [-0.2, -0.15) is 0 Å². The van der Waals surface area contributed by atoms with Crippen LogP contribution in [0.1, 0.15) is 37.2 Å². The van der Waals surface area contributed by atoms with Gasteiger partial charge in [-0.25, -0.2) is 8.78 Å². The molecule has 1 aromatic rings. The molecule has 1 amide bonds. The Bertz CT molecular complexity index is 526. The molecule has 1 saturated heterocycles. The molecule has 1 heterocycles. The molecule has 1 aliphatic carbocycles. The second kappa shape index (κ2) is 5.62. The number of amides is 1. The minimum atomic E-state index is -0.557. The Morgan fingerprint density at radius 1 is 1.14 bits per heavy atom. The highest BCUT2D eigenvalue weighted by Crippen LogP contribution is 2.36. The lowest BCUT2D eigenvalue weighted by atomic mass is 9.88. The molecule has 2 aliphatic rings. The van der Waals surface area contributed by atoms with Gasteiger partial charge in [0.2, 0.25) is 5.91 Å². The van der Waals surface area contributed by atoms with Gasteiger partial charge in [-0.3, -0.25) is 4.79 Å². The van der Waals surface area contributed by atoms with E-state index < -0.39 is 11.6 Å². The molecule has 0 atom stereocenters. The Hall–Kier alpha value is -1.65. The summed E-state index contributed by atoms with van der Waals surface area (Å²) < 4.78 is 33.0. The lowest BCUT2D eigenvalue weighted by Crippen LogP contribution is -2.39. The van der Waals surface area contributed by atoms with E-state index in [-0.39, 0.29) is 29.1 Å². The Balaban J connectivity index is 1.70. The molecular weight excluding hydrogens is 276 g/mol. The van der Waals surface area contributed by atoms with Crippen LogP contribution in [0, 0.1) is 17.6 Å². The van der Waals surface area contributed by atoms with Crippen LogP contribution in [0.25, 0.3) is 0 Å². The highest BCUT2D eigenvalue weighted by atomic mass is 19.1. The molecule has 0 aromatic heterocycles. The Morgan fingerprint density at radius 3 is 2.19 bits per heavy atom. The van der Waals surface area contributed by atoms with Crippen LogP contribution >= 0.6 is 0 Å². The summed E-state index contributed by atoms with van der Waals surface area (Å²) in [5.41, 5.74) is 0.134. The van der Waals surface area contributed by atoms with Crippen molar-refractivity contribution >= 4 is 5.91 Å². The average molecular weight is 295 g/mol. The largest absolute Gasteiger partial charge is 0.497 e. The van der Waals surface area contributed by atoms with Crippen LogP contribution in [0.3, 0.4) is 0 Å². The smallest absolute Gasteiger partial charge is 0.225 e. The summed E-state index contributed by atoms with van der Waals surface area (Å²) >= 11 is 0. The summed E-state index contributed by atoms with van der Waals surface area (Å²) in [4.78, 5) is 13.8. The van der Waals surface area contributed by atoms with Crippen LogP contribution in [0.4, 0.5) is 8.78 Å². The van der Waals surface area contributed by atoms with Crippen molar-refractivity contribution in [2.45, 2.75) is 31.6 Å². The maximum atomic E-state index is 14.1. The van der Waals surface area contributed by atoms with Crippen LogP contribution in [0.2, 0.25) is 0 Å². The first-order chi connectivity index (χ1) is 10.1. The number of likely N-dealkylation sites (tertiary alicyclic amines) is 1. The predicted octanol–water partition coefficient (Wildman–Crippen LogP) is 3.09. The number of hydrogen-bond acceptors (Lipinski definition) is 2. The third-order valence-corrected chi connectivity index (χ3v) is 4.43. The van der Waals surface area contributed by atoms with Gasteiger partial charge >= 0.3 is 0 Å². The van der Waals surface area contributed by atoms with Crippen LogP contribution in [-0.4, -0.2) is 31.0 Å². The number of carbonyl (C=O) groups excluding carboxylic acids is 1. The van der Waals surface area contributed by atoms with Gasteiger partial charge in [0.15, 0.2) is 0 Å². The van der Waals surface area contributed by atoms with Crippen LogP contribution in [0.15, 0.2) is 12.1 Å². The number of rotatable bonds is 3. The van der Waals surface area contributed by atoms with Crippen molar-refractivity contribution in [2.75, 3.05) is 20.2 Å². The van der Waals surface area contributed by atoms with E-state index in [1.165, 1.54) is 19.2 Å². The zero-order chi connectivity index (χ0) is 15.0. The number of nitrogens with zero attached hydrogens (tertiary/aromatic N) is 1. The van der Waals surface area contributed by atoms with Crippen LogP contribution in [-0.2, 0) is 4.79 Å². The number of halogens is 2. The van der Waals surface area contributed by atoms with Gasteiger partial charge in [-0.15, -0.1) is 0 Å². The number of carbonyl (C=O) groups is 1. The Kier molecular flexibility index (Phi) is 3.83. The van der Waals surface area contributed by atoms with E-state index in [1.807, 2.05) is 4.90 Å². The Morgan fingerprint density at radius 2 is 1.71 bits per heavy atom. The second-order valence-electron chi connectivity index (χ2n) is 5.88. The van der Waals surface area contributed by atoms with Crippen LogP contribution < -0.4 is 4.74 Å². The quantitative estimate of drug-likeness (QED) is 0.857. The van der Waals surface area contributed by atoms with Crippen molar-refractivity contribution in [3.05, 3.63) is 29.3 Å². The van der Waals surface area contributed by atoms with Crippen molar-refractivity contribution in [1.29, 1.82) is 0 Å². The maximum Gasteiger partial charge on any atom is 0.225 e. The van der Waals surface area contributed by atoms with Gasteiger partial charge < -0.3 is 9.64 Å². The molecule has 1 saturated carbocycles. The molecule has 1 aromatic carbocycles. The highest BCUT2D eigenvalue weighted by molar-refractivity contribution is 5.81. The first-order valence-electron chi connectivity index (χ1n) is 7.42. The van der Waals surface area contributed by atoms with E-state index in [0.29, 0.717) is 25.9 Å². The van der Waals surface area contributed by atoms with Gasteiger partial charge in [0.1, 0.15) is 17.4 Å². The average Bonchev–Trinajstić information content (AvgIpc) is 3.31. The van der Waals surface area contributed by atoms with Crippen molar-refractivity contribution in [2.24, 2.45) is 5.92 Å². The lowest BCUT2D eigenvalue weighted by Gasteiger charge is -2.32. The van der Waals surface area contributed by atoms with Gasteiger partial charge in [0, 0.05) is 36.7 Å².